The Balaban J connectivity index is 0.000000102. The third-order valence-electron chi connectivity index (χ3n) is 27.0. The molecule has 0 aliphatic carbocycles. The van der Waals surface area contributed by atoms with E-state index in [1.54, 1.807) is 48.5 Å². The van der Waals surface area contributed by atoms with Crippen molar-refractivity contribution in [3.8, 4) is 84.6 Å². The molecule has 0 N–H and O–H groups in total. The Bertz CT molecular complexity index is 10300. The van der Waals surface area contributed by atoms with Crippen molar-refractivity contribution in [1.82, 2.24) is 74.2 Å². The van der Waals surface area contributed by atoms with Gasteiger partial charge in [-0.2, -0.15) is 0 Å². The molecule has 30 aromatic rings. The summed E-state index contributed by atoms with van der Waals surface area (Å²) in [5, 5.41) is 50.0. The van der Waals surface area contributed by atoms with Crippen LogP contribution >= 0.6 is 11.3 Å². The Morgan fingerprint density at radius 3 is 1.07 bits per heavy atom. The molecule has 12 heterocycles. The van der Waals surface area contributed by atoms with Gasteiger partial charge in [0.25, 0.3) is 0 Å². The molecule has 138 heavy (non-hydrogen) atoms. The van der Waals surface area contributed by atoms with Crippen LogP contribution in [-0.2, 0) is 0 Å². The highest BCUT2D eigenvalue weighted by molar-refractivity contribution is 7.25. The van der Waals surface area contributed by atoms with E-state index in [-0.39, 0.29) is 0 Å². The first-order chi connectivity index (χ1) is 68.4. The molecule has 12 aromatic heterocycles. The Morgan fingerprint density at radius 2 is 0.543 bits per heavy atom. The van der Waals surface area contributed by atoms with Gasteiger partial charge in [0.05, 0.1) is 33.1 Å². The normalized spacial score (nSPS) is 11.9. The maximum absolute atomic E-state index is 6.19. The molecule has 0 atom stereocenters. The van der Waals surface area contributed by atoms with Crippen LogP contribution in [0.15, 0.2) is 428 Å². The van der Waals surface area contributed by atoms with Gasteiger partial charge in [-0.1, -0.05) is 267 Å². The lowest BCUT2D eigenvalue weighted by molar-refractivity contribution is 0.668. The number of nitrogens with zero attached hydrogens (tertiary/aromatic N) is 15. The maximum Gasteiger partial charge on any atom is 0.188 e. The number of benzene rings is 18. The van der Waals surface area contributed by atoms with Crippen molar-refractivity contribution in [3.63, 3.8) is 0 Å². The lowest BCUT2D eigenvalue weighted by Gasteiger charge is -2.11. The second-order valence-corrected chi connectivity index (χ2v) is 35.8. The zero-order valence-corrected chi connectivity index (χ0v) is 74.1. The number of thiophene rings is 1. The van der Waals surface area contributed by atoms with E-state index in [4.69, 9.17) is 69.3 Å². The van der Waals surface area contributed by atoms with Crippen LogP contribution in [0.4, 0.5) is 0 Å². The van der Waals surface area contributed by atoms with Crippen LogP contribution in [0, 0.1) is 0 Å². The summed E-state index contributed by atoms with van der Waals surface area (Å²) in [4.78, 5) is 29.1. The van der Waals surface area contributed by atoms with Crippen LogP contribution in [0.1, 0.15) is 0 Å². The fourth-order valence-electron chi connectivity index (χ4n) is 20.7. The maximum atomic E-state index is 6.19. The van der Waals surface area contributed by atoms with Gasteiger partial charge in [-0.25, -0.2) is 15.0 Å². The van der Waals surface area contributed by atoms with Crippen molar-refractivity contribution in [2.24, 2.45) is 0 Å². The second kappa shape index (κ2) is 31.5. The molecule has 0 fully saturated rings. The largest absolute Gasteiger partial charge is 0.456 e. The summed E-state index contributed by atoms with van der Waals surface area (Å²) in [6.45, 7) is 0. The van der Waals surface area contributed by atoms with Crippen molar-refractivity contribution >= 4 is 206 Å². The Labute approximate surface area is 787 Å². The minimum Gasteiger partial charge on any atom is -0.456 e. The molecular formula is C120H69N15O2S. The van der Waals surface area contributed by atoms with Crippen LogP contribution in [0.2, 0.25) is 0 Å². The molecule has 17 nitrogen and oxygen atoms in total. The molecule has 0 spiro atoms. The first-order valence-corrected chi connectivity index (χ1v) is 46.5. The zero-order chi connectivity index (χ0) is 90.6. The van der Waals surface area contributed by atoms with Gasteiger partial charge in [0, 0.05) is 128 Å². The van der Waals surface area contributed by atoms with Gasteiger partial charge in [0.15, 0.2) is 17.5 Å². The van der Waals surface area contributed by atoms with E-state index in [2.05, 4.69) is 335 Å². The Hall–Kier alpha value is -18.8. The van der Waals surface area contributed by atoms with Crippen molar-refractivity contribution in [1.29, 1.82) is 0 Å². The third-order valence-corrected chi connectivity index (χ3v) is 28.1. The molecule has 30 rings (SSSR count). The first-order valence-electron chi connectivity index (χ1n) is 45.7. The summed E-state index contributed by atoms with van der Waals surface area (Å²) in [6.07, 6.45) is 10.4. The van der Waals surface area contributed by atoms with Crippen LogP contribution in [0.3, 0.4) is 0 Å². The molecule has 0 bridgehead atoms. The van der Waals surface area contributed by atoms with Gasteiger partial charge >= 0.3 is 0 Å². The lowest BCUT2D eigenvalue weighted by atomic mass is 9.98. The Morgan fingerprint density at radius 1 is 0.188 bits per heavy atom. The van der Waals surface area contributed by atoms with Gasteiger partial charge < -0.3 is 8.83 Å². The molecule has 18 heteroatoms. The quantitative estimate of drug-likeness (QED) is 0.132. The van der Waals surface area contributed by atoms with Gasteiger partial charge in [-0.15, -0.1) is 41.9 Å². The van der Waals surface area contributed by atoms with E-state index in [1.807, 2.05) is 60.7 Å². The number of hydrogen-bond acceptors (Lipinski definition) is 15. The second-order valence-electron chi connectivity index (χ2n) is 34.7. The average molecular weight is 1790 g/mol. The van der Waals surface area contributed by atoms with Gasteiger partial charge in [0.2, 0.25) is 0 Å². The zero-order valence-electron chi connectivity index (χ0n) is 73.3. The summed E-state index contributed by atoms with van der Waals surface area (Å²) < 4.78 is 21.4. The van der Waals surface area contributed by atoms with Crippen LogP contribution in [-0.4, -0.2) is 74.2 Å². The number of rotatable bonds is 9. The van der Waals surface area contributed by atoms with Crippen LogP contribution in [0.5, 0.6) is 0 Å². The number of aromatic nitrogens is 15. The SMILES string of the molecule is c1ccc(-c2ccc3c(c2)c2cc4ccccc4cc2n3-c2nnc(-c3ccc4c(c3)oc3ccccc34)c3nccnc23)cc1.c1ccc(-c2cccc3c2c2cc4ccccc4cc2n3-c2nnc(-c3ccc4c(c3)sc3ccccc34)c3nccnc23)cc1.c1ccc(-c2cccc3c2c2cc4ccccc4cc2n3-c2nnc(-c3ccc4oc5ccccc5c4c3)c3nccnc23)cc1. The standard InChI is InChI=1S/2C40H23N5O.C40H23N5S/c1-2-9-24(10-3-1)28-14-8-15-32-36(28)31-21-25-11-4-5-12-26(25)23-33(31)45(32)40-39-38(41-19-20-42-39)37(43-44-40)27-17-18-35-30(22-27)29-13-6-7-16-34(29)46-35;1-2-8-24(9-3-1)27-15-17-33-31(21-27)32-20-25-10-4-5-11-26(25)22-34(32)45(33)40-39-38(41-18-19-42-39)37(43-44-40)28-14-16-30-29-12-6-7-13-35(29)46-36(30)23-28;1-2-9-24(10-3-1)28-14-8-15-32-36(28)31-21-25-11-4-5-12-26(25)22-33(31)45(32)40-39-38(41-19-20-42-39)37(43-44-40)27-17-18-30-29-13-6-7-16-34(29)46-35(30)23-27/h3*1-23H. The van der Waals surface area contributed by atoms with Gasteiger partial charge in [-0.05, 0) is 181 Å². The smallest absolute Gasteiger partial charge is 0.188 e. The summed E-state index contributed by atoms with van der Waals surface area (Å²) in [7, 11) is 0. The molecule has 0 saturated heterocycles. The van der Waals surface area contributed by atoms with E-state index in [0.717, 1.165) is 165 Å². The number of para-hydroxylation sites is 2. The number of fused-ring (bicyclic) bond motifs is 24. The molecule has 642 valence electrons. The fraction of sp³-hybridized carbons (Fsp3) is 0. The molecule has 18 aromatic carbocycles. The van der Waals surface area contributed by atoms with Crippen molar-refractivity contribution in [2.75, 3.05) is 0 Å². The first kappa shape index (κ1) is 77.9. The summed E-state index contributed by atoms with van der Waals surface area (Å²) >= 11 is 1.79. The summed E-state index contributed by atoms with van der Waals surface area (Å²) in [5.41, 5.74) is 25.6. The fourth-order valence-corrected chi connectivity index (χ4v) is 21.8. The lowest BCUT2D eigenvalue weighted by Crippen LogP contribution is -2.04. The highest BCUT2D eigenvalue weighted by atomic mass is 32.1. The van der Waals surface area contributed by atoms with E-state index in [1.165, 1.54) is 58.4 Å². The third kappa shape index (κ3) is 12.5. The van der Waals surface area contributed by atoms with E-state index >= 15 is 0 Å². The average Bonchev–Trinajstić information content (AvgIpc) is 1.56. The van der Waals surface area contributed by atoms with Gasteiger partial charge in [0.1, 0.15) is 72.5 Å². The molecular weight excluding hydrogens is 1720 g/mol. The molecule has 0 unspecified atom stereocenters. The van der Waals surface area contributed by atoms with Crippen LogP contribution in [0.25, 0.3) is 279 Å². The van der Waals surface area contributed by atoms with E-state index < -0.39 is 0 Å². The minimum absolute atomic E-state index is 0.638. The minimum atomic E-state index is 0.638. The Kier molecular flexibility index (Phi) is 17.8. The van der Waals surface area contributed by atoms with E-state index in [9.17, 15) is 0 Å². The topological polar surface area (TPSA) is 196 Å². The predicted molar refractivity (Wildman–Crippen MR) is 561 cm³/mol. The number of furan rings is 2. The number of hydrogen-bond donors (Lipinski definition) is 0. The molecule has 0 amide bonds. The molecule has 0 saturated carbocycles. The molecule has 0 aliphatic rings. The summed E-state index contributed by atoms with van der Waals surface area (Å²) in [6, 6.07) is 134. The molecule has 0 aliphatic heterocycles. The van der Waals surface area contributed by atoms with E-state index in [0.29, 0.717) is 56.4 Å². The highest BCUT2D eigenvalue weighted by Gasteiger charge is 2.28. The van der Waals surface area contributed by atoms with Crippen LogP contribution < -0.4 is 0 Å². The van der Waals surface area contributed by atoms with Crippen molar-refractivity contribution < 1.29 is 8.83 Å². The van der Waals surface area contributed by atoms with Crippen molar-refractivity contribution in [2.45, 2.75) is 0 Å². The van der Waals surface area contributed by atoms with Crippen molar-refractivity contribution in [3.05, 3.63) is 419 Å². The summed E-state index contributed by atoms with van der Waals surface area (Å²) in [5.74, 6) is 1.94. The highest BCUT2D eigenvalue weighted by Crippen LogP contribution is 2.48. The monoisotopic (exact) mass is 1780 g/mol. The predicted octanol–water partition coefficient (Wildman–Crippen LogP) is 30.2. The van der Waals surface area contributed by atoms with Gasteiger partial charge in [-0.3, -0.25) is 28.7 Å². The molecule has 0 radical (unpaired) electrons.